The summed E-state index contributed by atoms with van der Waals surface area (Å²) in [5.41, 5.74) is 2.52. The van der Waals surface area contributed by atoms with Crippen molar-refractivity contribution >= 4 is 11.6 Å². The first-order valence-electron chi connectivity index (χ1n) is 8.12. The van der Waals surface area contributed by atoms with Gasteiger partial charge in [0.05, 0.1) is 5.69 Å². The molecular formula is C16H27ClN4. The van der Waals surface area contributed by atoms with E-state index in [0.717, 1.165) is 36.4 Å². The lowest BCUT2D eigenvalue weighted by molar-refractivity contribution is 0.0269. The molecule has 2 unspecified atom stereocenters. The second-order valence-corrected chi connectivity index (χ2v) is 7.33. The standard InChI is InChI=1S/C16H27ClN4/c1-5-13-8-21(16(3,10-18-13)12-6-7-12)9-14-11(2)19-20(4)15(14)17/h12-13,18H,5-10H2,1-4H3. The van der Waals surface area contributed by atoms with Crippen LogP contribution in [0.15, 0.2) is 0 Å². The summed E-state index contributed by atoms with van der Waals surface area (Å²) in [5, 5.41) is 8.99. The van der Waals surface area contributed by atoms with E-state index in [9.17, 15) is 0 Å². The van der Waals surface area contributed by atoms with Crippen molar-refractivity contribution < 1.29 is 0 Å². The monoisotopic (exact) mass is 310 g/mol. The second kappa shape index (κ2) is 5.56. The zero-order valence-electron chi connectivity index (χ0n) is 13.6. The minimum Gasteiger partial charge on any atom is -0.311 e. The lowest BCUT2D eigenvalue weighted by Gasteiger charge is -2.48. The number of aromatic nitrogens is 2. The zero-order valence-corrected chi connectivity index (χ0v) is 14.4. The summed E-state index contributed by atoms with van der Waals surface area (Å²) in [5.74, 6) is 0.832. The normalized spacial score (nSPS) is 30.8. The molecule has 2 heterocycles. The maximum absolute atomic E-state index is 6.45. The maximum atomic E-state index is 6.45. The Morgan fingerprint density at radius 1 is 1.43 bits per heavy atom. The van der Waals surface area contributed by atoms with Gasteiger partial charge in [0.25, 0.3) is 0 Å². The molecule has 2 fully saturated rings. The number of nitrogens with one attached hydrogen (secondary N) is 1. The van der Waals surface area contributed by atoms with Gasteiger partial charge in [0, 0.05) is 43.8 Å². The molecule has 2 aliphatic rings. The van der Waals surface area contributed by atoms with E-state index in [4.69, 9.17) is 11.6 Å². The van der Waals surface area contributed by atoms with E-state index < -0.39 is 0 Å². The minimum atomic E-state index is 0.261. The van der Waals surface area contributed by atoms with Crippen LogP contribution in [0.5, 0.6) is 0 Å². The fraction of sp³-hybridized carbons (Fsp3) is 0.812. The van der Waals surface area contributed by atoms with Crippen LogP contribution in [0.3, 0.4) is 0 Å². The van der Waals surface area contributed by atoms with Crippen molar-refractivity contribution in [1.82, 2.24) is 20.0 Å². The molecule has 1 aliphatic heterocycles. The van der Waals surface area contributed by atoms with Gasteiger partial charge >= 0.3 is 0 Å². The number of hydrogen-bond donors (Lipinski definition) is 1. The molecule has 0 radical (unpaired) electrons. The summed E-state index contributed by atoms with van der Waals surface area (Å²) >= 11 is 6.45. The molecule has 3 rings (SSSR count). The van der Waals surface area contributed by atoms with Gasteiger partial charge in [-0.15, -0.1) is 0 Å². The third-order valence-corrected chi connectivity index (χ3v) is 5.95. The van der Waals surface area contributed by atoms with E-state index in [0.29, 0.717) is 6.04 Å². The summed E-state index contributed by atoms with van der Waals surface area (Å²) in [4.78, 5) is 2.66. The average molecular weight is 311 g/mol. The van der Waals surface area contributed by atoms with Crippen LogP contribution in [-0.2, 0) is 13.6 Å². The van der Waals surface area contributed by atoms with Gasteiger partial charge in [-0.2, -0.15) is 5.10 Å². The van der Waals surface area contributed by atoms with E-state index in [1.165, 1.54) is 24.8 Å². The SMILES string of the molecule is CCC1CN(Cc2c(C)nn(C)c2Cl)C(C)(C2CC2)CN1. The number of nitrogens with zero attached hydrogens (tertiary/aromatic N) is 3. The minimum absolute atomic E-state index is 0.261. The largest absolute Gasteiger partial charge is 0.311 e. The molecule has 1 N–H and O–H groups in total. The maximum Gasteiger partial charge on any atom is 0.131 e. The Hall–Kier alpha value is -0.580. The Labute approximate surface area is 132 Å². The highest BCUT2D eigenvalue weighted by atomic mass is 35.5. The second-order valence-electron chi connectivity index (χ2n) is 6.98. The molecule has 21 heavy (non-hydrogen) atoms. The molecule has 4 nitrogen and oxygen atoms in total. The molecule has 0 amide bonds. The van der Waals surface area contributed by atoms with Crippen molar-refractivity contribution in [1.29, 1.82) is 0 Å². The molecule has 1 aromatic rings. The molecule has 118 valence electrons. The summed E-state index contributed by atoms with van der Waals surface area (Å²) in [6.07, 6.45) is 3.91. The molecule has 1 aromatic heterocycles. The molecule has 0 spiro atoms. The summed E-state index contributed by atoms with van der Waals surface area (Å²) in [6, 6.07) is 0.590. The molecule has 0 bridgehead atoms. The number of rotatable bonds is 4. The molecule has 5 heteroatoms. The third-order valence-electron chi connectivity index (χ3n) is 5.48. The zero-order chi connectivity index (χ0) is 15.2. The number of halogens is 1. The van der Waals surface area contributed by atoms with Gasteiger partial charge in [0.2, 0.25) is 0 Å². The van der Waals surface area contributed by atoms with Gasteiger partial charge in [-0.1, -0.05) is 18.5 Å². The van der Waals surface area contributed by atoms with Gasteiger partial charge in [-0.25, -0.2) is 0 Å². The summed E-state index contributed by atoms with van der Waals surface area (Å²) in [7, 11) is 1.92. The molecule has 1 saturated carbocycles. The first-order valence-corrected chi connectivity index (χ1v) is 8.50. The average Bonchev–Trinajstić information content (AvgIpc) is 3.27. The fourth-order valence-corrected chi connectivity index (χ4v) is 3.91. The smallest absolute Gasteiger partial charge is 0.131 e. The van der Waals surface area contributed by atoms with Crippen LogP contribution in [0.1, 0.15) is 44.4 Å². The predicted octanol–water partition coefficient (Wildman–Crippen LogP) is 2.73. The Morgan fingerprint density at radius 3 is 2.67 bits per heavy atom. The molecular weight excluding hydrogens is 284 g/mol. The van der Waals surface area contributed by atoms with Crippen molar-refractivity contribution in [3.8, 4) is 0 Å². The van der Waals surface area contributed by atoms with Crippen molar-refractivity contribution in [3.63, 3.8) is 0 Å². The van der Waals surface area contributed by atoms with Gasteiger partial charge in [0.15, 0.2) is 0 Å². The lowest BCUT2D eigenvalue weighted by atomic mass is 9.88. The topological polar surface area (TPSA) is 33.1 Å². The van der Waals surface area contributed by atoms with Gasteiger partial charge in [-0.3, -0.25) is 9.58 Å². The first-order chi connectivity index (χ1) is 9.95. The van der Waals surface area contributed by atoms with Crippen LogP contribution in [0, 0.1) is 12.8 Å². The lowest BCUT2D eigenvalue weighted by Crippen LogP contribution is -2.63. The quantitative estimate of drug-likeness (QED) is 0.928. The Kier molecular flexibility index (Phi) is 4.06. The Bertz CT molecular complexity index is 523. The number of piperazine rings is 1. The highest BCUT2D eigenvalue weighted by Crippen LogP contribution is 2.45. The van der Waals surface area contributed by atoms with Crippen LogP contribution in [0.4, 0.5) is 0 Å². The van der Waals surface area contributed by atoms with Gasteiger partial charge < -0.3 is 5.32 Å². The van der Waals surface area contributed by atoms with Gasteiger partial charge in [0.1, 0.15) is 5.15 Å². The molecule has 1 aliphatic carbocycles. The van der Waals surface area contributed by atoms with Crippen LogP contribution in [0.25, 0.3) is 0 Å². The van der Waals surface area contributed by atoms with Crippen molar-refractivity contribution in [2.24, 2.45) is 13.0 Å². The van der Waals surface area contributed by atoms with Crippen molar-refractivity contribution in [2.45, 2.75) is 58.2 Å². The first kappa shape index (κ1) is 15.3. The Balaban J connectivity index is 1.85. The van der Waals surface area contributed by atoms with Crippen LogP contribution in [-0.4, -0.2) is 39.4 Å². The summed E-state index contributed by atoms with van der Waals surface area (Å²) < 4.78 is 1.79. The van der Waals surface area contributed by atoms with Crippen LogP contribution < -0.4 is 5.32 Å². The van der Waals surface area contributed by atoms with Crippen molar-refractivity contribution in [2.75, 3.05) is 13.1 Å². The van der Waals surface area contributed by atoms with Crippen molar-refractivity contribution in [3.05, 3.63) is 16.4 Å². The van der Waals surface area contributed by atoms with Crippen LogP contribution >= 0.6 is 11.6 Å². The third kappa shape index (κ3) is 2.73. The van der Waals surface area contributed by atoms with E-state index in [2.05, 4.69) is 36.1 Å². The fourth-order valence-electron chi connectivity index (χ4n) is 3.67. The highest BCUT2D eigenvalue weighted by molar-refractivity contribution is 6.30. The molecule has 2 atom stereocenters. The van der Waals surface area contributed by atoms with E-state index in [1.54, 1.807) is 4.68 Å². The Morgan fingerprint density at radius 2 is 2.14 bits per heavy atom. The number of hydrogen-bond acceptors (Lipinski definition) is 3. The van der Waals surface area contributed by atoms with Crippen LogP contribution in [0.2, 0.25) is 5.15 Å². The molecule has 1 saturated heterocycles. The predicted molar refractivity (Wildman–Crippen MR) is 86.6 cm³/mol. The number of aryl methyl sites for hydroxylation is 2. The van der Waals surface area contributed by atoms with E-state index in [-0.39, 0.29) is 5.54 Å². The summed E-state index contributed by atoms with van der Waals surface area (Å²) in [6.45, 7) is 9.86. The van der Waals surface area contributed by atoms with E-state index >= 15 is 0 Å². The van der Waals surface area contributed by atoms with E-state index in [1.807, 2.05) is 7.05 Å². The highest BCUT2D eigenvalue weighted by Gasteiger charge is 2.48. The van der Waals surface area contributed by atoms with Gasteiger partial charge in [-0.05, 0) is 39.0 Å². The molecule has 0 aromatic carbocycles.